The Labute approximate surface area is 111 Å². The van der Waals surface area contributed by atoms with E-state index in [2.05, 4.69) is 0 Å². The number of aliphatic hydroxyl groups excluding tert-OH is 1. The standard InChI is InChI=1S/C11H11F3N2O4/c1-6(17)15-10(11(12,13)14)9(18)7-2-4-8(5-3-7)16(19)20/h2-5,9-10,18H,1H3,(H,15,17). The van der Waals surface area contributed by atoms with Crippen LogP contribution in [0.25, 0.3) is 0 Å². The molecule has 1 aromatic carbocycles. The smallest absolute Gasteiger partial charge is 0.386 e. The summed E-state index contributed by atoms with van der Waals surface area (Å²) in [4.78, 5) is 20.5. The molecule has 2 N–H and O–H groups in total. The number of nitrogens with one attached hydrogen (secondary N) is 1. The molecule has 0 saturated heterocycles. The van der Waals surface area contributed by atoms with Crippen molar-refractivity contribution in [1.29, 1.82) is 0 Å². The number of alkyl halides is 3. The maximum Gasteiger partial charge on any atom is 0.411 e. The van der Waals surface area contributed by atoms with Gasteiger partial charge in [-0.2, -0.15) is 13.2 Å². The predicted molar refractivity (Wildman–Crippen MR) is 61.7 cm³/mol. The molecule has 0 aliphatic carbocycles. The van der Waals surface area contributed by atoms with E-state index in [1.807, 2.05) is 0 Å². The van der Waals surface area contributed by atoms with Gasteiger partial charge in [0, 0.05) is 19.1 Å². The van der Waals surface area contributed by atoms with Gasteiger partial charge in [-0.05, 0) is 17.7 Å². The number of non-ortho nitro benzene ring substituents is 1. The number of halogens is 3. The second-order valence-electron chi connectivity index (χ2n) is 4.01. The molecule has 6 nitrogen and oxygen atoms in total. The number of nitrogens with zero attached hydrogens (tertiary/aromatic N) is 1. The minimum Gasteiger partial charge on any atom is -0.386 e. The van der Waals surface area contributed by atoms with E-state index in [0.717, 1.165) is 31.2 Å². The van der Waals surface area contributed by atoms with Crippen LogP contribution in [0.15, 0.2) is 24.3 Å². The Hall–Kier alpha value is -2.16. The Bertz CT molecular complexity index is 501. The van der Waals surface area contributed by atoms with E-state index in [4.69, 9.17) is 0 Å². The van der Waals surface area contributed by atoms with Gasteiger partial charge < -0.3 is 10.4 Å². The van der Waals surface area contributed by atoms with Crippen LogP contribution in [-0.4, -0.2) is 28.2 Å². The maximum atomic E-state index is 12.7. The van der Waals surface area contributed by atoms with Crippen molar-refractivity contribution in [3.05, 3.63) is 39.9 Å². The molecule has 0 aromatic heterocycles. The first kappa shape index (κ1) is 15.9. The molecule has 2 atom stereocenters. The molecule has 0 fully saturated rings. The first-order chi connectivity index (χ1) is 9.12. The summed E-state index contributed by atoms with van der Waals surface area (Å²) in [5.74, 6) is -0.951. The molecule has 2 unspecified atom stereocenters. The highest BCUT2D eigenvalue weighted by Crippen LogP contribution is 2.30. The molecule has 9 heteroatoms. The van der Waals surface area contributed by atoms with Crippen LogP contribution >= 0.6 is 0 Å². The van der Waals surface area contributed by atoms with Gasteiger partial charge in [0.2, 0.25) is 5.91 Å². The molecule has 0 bridgehead atoms. The highest BCUT2D eigenvalue weighted by molar-refractivity contribution is 5.73. The van der Waals surface area contributed by atoms with Crippen molar-refractivity contribution in [3.8, 4) is 0 Å². The Kier molecular flexibility index (Phi) is 4.66. The molecule has 0 radical (unpaired) electrons. The monoisotopic (exact) mass is 292 g/mol. The van der Waals surface area contributed by atoms with Crippen LogP contribution in [0.5, 0.6) is 0 Å². The lowest BCUT2D eigenvalue weighted by molar-refractivity contribution is -0.384. The first-order valence-corrected chi connectivity index (χ1v) is 5.39. The minimum absolute atomic E-state index is 0.188. The van der Waals surface area contributed by atoms with E-state index < -0.39 is 29.2 Å². The van der Waals surface area contributed by atoms with Crippen molar-refractivity contribution >= 4 is 11.6 Å². The van der Waals surface area contributed by atoms with Gasteiger partial charge in [-0.15, -0.1) is 0 Å². The topological polar surface area (TPSA) is 92.5 Å². The van der Waals surface area contributed by atoms with Crippen LogP contribution < -0.4 is 5.32 Å². The van der Waals surface area contributed by atoms with Gasteiger partial charge in [-0.25, -0.2) is 0 Å². The Morgan fingerprint density at radius 3 is 2.20 bits per heavy atom. The van der Waals surface area contributed by atoms with E-state index in [9.17, 15) is 33.2 Å². The predicted octanol–water partition coefficient (Wildman–Crippen LogP) is 1.70. The molecule has 0 saturated carbocycles. The molecule has 0 spiro atoms. The highest BCUT2D eigenvalue weighted by Gasteiger charge is 2.45. The van der Waals surface area contributed by atoms with Crippen LogP contribution in [0.1, 0.15) is 18.6 Å². The third-order valence-corrected chi connectivity index (χ3v) is 2.47. The van der Waals surface area contributed by atoms with Gasteiger partial charge in [0.15, 0.2) is 6.04 Å². The van der Waals surface area contributed by atoms with Crippen LogP contribution in [0, 0.1) is 10.1 Å². The average molecular weight is 292 g/mol. The molecule has 1 rings (SSSR count). The summed E-state index contributed by atoms with van der Waals surface area (Å²) in [7, 11) is 0. The molecule has 0 aliphatic heterocycles. The lowest BCUT2D eigenvalue weighted by Gasteiger charge is -2.26. The number of aliphatic hydroxyl groups is 1. The van der Waals surface area contributed by atoms with Crippen molar-refractivity contribution in [2.75, 3.05) is 0 Å². The third kappa shape index (κ3) is 3.92. The molecule has 1 amide bonds. The largest absolute Gasteiger partial charge is 0.411 e. The van der Waals surface area contributed by atoms with E-state index >= 15 is 0 Å². The SMILES string of the molecule is CC(=O)NC(C(O)c1ccc([N+](=O)[O-])cc1)C(F)(F)F. The van der Waals surface area contributed by atoms with Gasteiger partial charge in [0.1, 0.15) is 6.10 Å². The minimum atomic E-state index is -4.85. The molecular weight excluding hydrogens is 281 g/mol. The van der Waals surface area contributed by atoms with Crippen molar-refractivity contribution in [3.63, 3.8) is 0 Å². The zero-order chi connectivity index (χ0) is 15.5. The third-order valence-electron chi connectivity index (χ3n) is 2.47. The zero-order valence-electron chi connectivity index (χ0n) is 10.2. The average Bonchev–Trinajstić information content (AvgIpc) is 2.33. The van der Waals surface area contributed by atoms with E-state index in [0.29, 0.717) is 0 Å². The number of carbonyl (C=O) groups is 1. The fraction of sp³-hybridized carbons (Fsp3) is 0.364. The van der Waals surface area contributed by atoms with E-state index in [1.165, 1.54) is 0 Å². The van der Waals surface area contributed by atoms with Crippen LogP contribution in [0.4, 0.5) is 18.9 Å². The van der Waals surface area contributed by atoms with E-state index in [-0.39, 0.29) is 11.3 Å². The molecule has 110 valence electrons. The second-order valence-corrected chi connectivity index (χ2v) is 4.01. The van der Waals surface area contributed by atoms with Crippen LogP contribution in [-0.2, 0) is 4.79 Å². The zero-order valence-corrected chi connectivity index (χ0v) is 10.2. The van der Waals surface area contributed by atoms with Crippen molar-refractivity contribution in [2.24, 2.45) is 0 Å². The Balaban J connectivity index is 3.02. The van der Waals surface area contributed by atoms with Gasteiger partial charge in [0.25, 0.3) is 5.69 Å². The second kappa shape index (κ2) is 5.87. The van der Waals surface area contributed by atoms with Gasteiger partial charge in [-0.3, -0.25) is 14.9 Å². The number of amides is 1. The number of nitro groups is 1. The van der Waals surface area contributed by atoms with Crippen LogP contribution in [0.2, 0.25) is 0 Å². The van der Waals surface area contributed by atoms with Crippen molar-refractivity contribution < 1.29 is 28.0 Å². The highest BCUT2D eigenvalue weighted by atomic mass is 19.4. The number of hydrogen-bond donors (Lipinski definition) is 2. The number of hydrogen-bond acceptors (Lipinski definition) is 4. The van der Waals surface area contributed by atoms with Crippen molar-refractivity contribution in [2.45, 2.75) is 25.2 Å². The molecule has 20 heavy (non-hydrogen) atoms. The normalized spacial score (nSPS) is 14.4. The summed E-state index contributed by atoms with van der Waals surface area (Å²) in [5, 5.41) is 21.7. The maximum absolute atomic E-state index is 12.7. The number of nitro benzene ring substituents is 1. The molecule has 0 aliphatic rings. The fourth-order valence-corrected chi connectivity index (χ4v) is 1.54. The van der Waals surface area contributed by atoms with E-state index in [1.54, 1.807) is 5.32 Å². The lowest BCUT2D eigenvalue weighted by atomic mass is 10.0. The van der Waals surface area contributed by atoms with Gasteiger partial charge >= 0.3 is 6.18 Å². The van der Waals surface area contributed by atoms with Crippen molar-refractivity contribution in [1.82, 2.24) is 5.32 Å². The fourth-order valence-electron chi connectivity index (χ4n) is 1.54. The summed E-state index contributed by atoms with van der Waals surface area (Å²) < 4.78 is 38.2. The number of benzene rings is 1. The molecule has 1 aromatic rings. The summed E-state index contributed by atoms with van der Waals surface area (Å²) in [6, 6.07) is 1.47. The van der Waals surface area contributed by atoms with Crippen LogP contribution in [0.3, 0.4) is 0 Å². The quantitative estimate of drug-likeness (QED) is 0.652. The molecule has 0 heterocycles. The van der Waals surface area contributed by atoms with Gasteiger partial charge in [-0.1, -0.05) is 0 Å². The van der Waals surface area contributed by atoms with Gasteiger partial charge in [0.05, 0.1) is 4.92 Å². The number of rotatable bonds is 4. The number of carbonyl (C=O) groups excluding carboxylic acids is 1. The first-order valence-electron chi connectivity index (χ1n) is 5.39. The Morgan fingerprint density at radius 1 is 1.35 bits per heavy atom. The molecular formula is C11H11F3N2O4. The summed E-state index contributed by atoms with van der Waals surface area (Å²) >= 11 is 0. The summed E-state index contributed by atoms with van der Waals surface area (Å²) in [6.45, 7) is 0.890. The summed E-state index contributed by atoms with van der Waals surface area (Å²) in [6.07, 6.45) is -6.91. The lowest BCUT2D eigenvalue weighted by Crippen LogP contribution is -2.48. The summed E-state index contributed by atoms with van der Waals surface area (Å²) in [5.41, 5.74) is -0.504. The Morgan fingerprint density at radius 2 is 1.85 bits per heavy atom.